The summed E-state index contributed by atoms with van der Waals surface area (Å²) < 4.78 is 3.56. The number of benzene rings is 2. The summed E-state index contributed by atoms with van der Waals surface area (Å²) in [6.45, 7) is 0.999. The van der Waals surface area contributed by atoms with Gasteiger partial charge in [0.15, 0.2) is 5.78 Å². The molecule has 3 heterocycles. The summed E-state index contributed by atoms with van der Waals surface area (Å²) in [7, 11) is 1.87. The van der Waals surface area contributed by atoms with Crippen molar-refractivity contribution in [3.8, 4) is 22.4 Å². The summed E-state index contributed by atoms with van der Waals surface area (Å²) >= 11 is 6.76. The monoisotopic (exact) mass is 444 g/mol. The molecule has 5 rings (SSSR count). The van der Waals surface area contributed by atoms with Crippen molar-refractivity contribution < 1.29 is 4.79 Å². The van der Waals surface area contributed by atoms with Crippen molar-refractivity contribution in [3.05, 3.63) is 82.8 Å². The number of carbonyl (C=O) groups excluding carboxylic acids is 1. The van der Waals surface area contributed by atoms with Gasteiger partial charge < -0.3 is 5.73 Å². The highest BCUT2D eigenvalue weighted by atomic mass is 35.5. The molecule has 0 atom stereocenters. The number of ketones is 1. The summed E-state index contributed by atoms with van der Waals surface area (Å²) in [6.07, 6.45) is 3.56. The zero-order chi connectivity index (χ0) is 22.2. The van der Waals surface area contributed by atoms with Gasteiger partial charge in [0.05, 0.1) is 35.9 Å². The Labute approximate surface area is 190 Å². The third-order valence-corrected chi connectivity index (χ3v) is 6.09. The minimum absolute atomic E-state index is 0.000364. The summed E-state index contributed by atoms with van der Waals surface area (Å²) in [4.78, 5) is 16.6. The molecule has 0 unspecified atom stereocenters. The average molecular weight is 445 g/mol. The van der Waals surface area contributed by atoms with Gasteiger partial charge in [-0.05, 0) is 17.2 Å². The maximum absolute atomic E-state index is 12.3. The van der Waals surface area contributed by atoms with Crippen LogP contribution in [0.1, 0.15) is 21.5 Å². The lowest BCUT2D eigenvalue weighted by molar-refractivity contribution is 0.1000. The van der Waals surface area contributed by atoms with Gasteiger partial charge in [-0.25, -0.2) is 4.68 Å². The van der Waals surface area contributed by atoms with Crippen LogP contribution < -0.4 is 5.73 Å². The van der Waals surface area contributed by atoms with Crippen molar-refractivity contribution in [1.82, 2.24) is 19.6 Å². The highest BCUT2D eigenvalue weighted by molar-refractivity contribution is 6.32. The van der Waals surface area contributed by atoms with E-state index in [4.69, 9.17) is 17.3 Å². The Bertz CT molecular complexity index is 1350. The van der Waals surface area contributed by atoms with E-state index in [-0.39, 0.29) is 18.9 Å². The van der Waals surface area contributed by atoms with Crippen LogP contribution in [0.25, 0.3) is 22.4 Å². The van der Waals surface area contributed by atoms with Gasteiger partial charge in [-0.1, -0.05) is 54.1 Å². The Morgan fingerprint density at radius 2 is 1.78 bits per heavy atom. The molecule has 2 N–H and O–H groups in total. The van der Waals surface area contributed by atoms with Gasteiger partial charge in [0.2, 0.25) is 0 Å². The van der Waals surface area contributed by atoms with E-state index in [1.165, 1.54) is 0 Å². The number of halogens is 1. The molecule has 0 spiro atoms. The molecule has 0 bridgehead atoms. The van der Waals surface area contributed by atoms with Crippen LogP contribution in [-0.2, 0) is 13.6 Å². The predicted molar refractivity (Wildman–Crippen MR) is 125 cm³/mol. The second-order valence-corrected chi connectivity index (χ2v) is 8.03. The number of aryl methyl sites for hydroxylation is 1. The van der Waals surface area contributed by atoms with Crippen LogP contribution in [0, 0.1) is 0 Å². The molecule has 1 aliphatic heterocycles. The fraction of sp³-hybridized carbons (Fsp3) is 0.167. The van der Waals surface area contributed by atoms with Crippen LogP contribution >= 0.6 is 11.6 Å². The van der Waals surface area contributed by atoms with Crippen molar-refractivity contribution in [1.29, 1.82) is 0 Å². The number of aromatic nitrogens is 4. The predicted octanol–water partition coefficient (Wildman–Crippen LogP) is 3.60. The highest BCUT2D eigenvalue weighted by Gasteiger charge is 2.23. The topological polar surface area (TPSA) is 91.1 Å². The minimum Gasteiger partial charge on any atom is -0.325 e. The third kappa shape index (κ3) is 3.45. The average Bonchev–Trinajstić information content (AvgIpc) is 3.36. The molecule has 160 valence electrons. The van der Waals surface area contributed by atoms with Crippen LogP contribution in [0.5, 0.6) is 0 Å². The van der Waals surface area contributed by atoms with Gasteiger partial charge in [0.1, 0.15) is 11.7 Å². The largest absolute Gasteiger partial charge is 0.325 e. The number of hydrogen-bond acceptors (Lipinski definition) is 5. The van der Waals surface area contributed by atoms with E-state index >= 15 is 0 Å². The van der Waals surface area contributed by atoms with E-state index in [1.54, 1.807) is 21.8 Å². The van der Waals surface area contributed by atoms with E-state index in [1.807, 2.05) is 55.6 Å². The zero-order valence-electron chi connectivity index (χ0n) is 17.5. The van der Waals surface area contributed by atoms with Crippen molar-refractivity contribution in [3.63, 3.8) is 0 Å². The van der Waals surface area contributed by atoms with Gasteiger partial charge >= 0.3 is 0 Å². The molecule has 0 radical (unpaired) electrons. The zero-order valence-corrected chi connectivity index (χ0v) is 18.3. The molecule has 0 aliphatic carbocycles. The molecule has 32 heavy (non-hydrogen) atoms. The summed E-state index contributed by atoms with van der Waals surface area (Å²) in [5.74, 6) is 0.000364. The van der Waals surface area contributed by atoms with Crippen LogP contribution in [0.4, 0.5) is 0 Å². The Hall–Kier alpha value is -3.55. The molecule has 0 saturated heterocycles. The highest BCUT2D eigenvalue weighted by Crippen LogP contribution is 2.37. The van der Waals surface area contributed by atoms with Crippen LogP contribution in [-0.4, -0.2) is 44.1 Å². The molecule has 1 aliphatic rings. The molecule has 0 saturated carbocycles. The number of hydrogen-bond donors (Lipinski definition) is 1. The number of nitrogens with two attached hydrogens (primary N) is 1. The number of fused-ring (bicyclic) bond motifs is 1. The summed E-state index contributed by atoms with van der Waals surface area (Å²) in [5.41, 5.74) is 12.6. The first kappa shape index (κ1) is 20.4. The van der Waals surface area contributed by atoms with E-state index in [9.17, 15) is 4.79 Å². The second kappa shape index (κ2) is 8.18. The molecule has 2 aromatic heterocycles. The number of rotatable bonds is 5. The van der Waals surface area contributed by atoms with Crippen molar-refractivity contribution in [2.24, 2.45) is 17.8 Å². The summed E-state index contributed by atoms with van der Waals surface area (Å²) in [5, 5.41) is 9.52. The molecule has 0 amide bonds. The van der Waals surface area contributed by atoms with Crippen LogP contribution in [0.3, 0.4) is 0 Å². The first-order valence-corrected chi connectivity index (χ1v) is 10.6. The quantitative estimate of drug-likeness (QED) is 0.509. The first-order valence-electron chi connectivity index (χ1n) is 10.3. The number of Topliss-reactive ketones (excluding diaryl/α,β-unsaturated/α-hetero) is 1. The number of carbonyl (C=O) groups is 1. The maximum atomic E-state index is 12.3. The van der Waals surface area contributed by atoms with Crippen molar-refractivity contribution in [2.75, 3.05) is 13.1 Å². The molecule has 7 nitrogen and oxygen atoms in total. The number of nitrogens with zero attached hydrogens (tertiary/aromatic N) is 5. The van der Waals surface area contributed by atoms with Gasteiger partial charge in [0, 0.05) is 30.3 Å². The first-order chi connectivity index (χ1) is 15.6. The van der Waals surface area contributed by atoms with Crippen LogP contribution in [0.15, 0.2) is 65.9 Å². The number of aliphatic imine (C=N–C) groups is 1. The molecular weight excluding hydrogens is 424 g/mol. The smallest absolute Gasteiger partial charge is 0.184 e. The lowest BCUT2D eigenvalue weighted by Gasteiger charge is -2.16. The van der Waals surface area contributed by atoms with Gasteiger partial charge in [-0.15, -0.1) is 0 Å². The fourth-order valence-electron chi connectivity index (χ4n) is 4.07. The lowest BCUT2D eigenvalue weighted by Crippen LogP contribution is -2.24. The molecule has 8 heteroatoms. The Morgan fingerprint density at radius 3 is 2.56 bits per heavy atom. The maximum Gasteiger partial charge on any atom is 0.184 e. The Morgan fingerprint density at radius 1 is 1.00 bits per heavy atom. The fourth-order valence-corrected chi connectivity index (χ4v) is 4.31. The third-order valence-electron chi connectivity index (χ3n) is 5.69. The normalized spacial score (nSPS) is 13.2. The minimum atomic E-state index is 0.000364. The molecule has 2 aromatic carbocycles. The van der Waals surface area contributed by atoms with Gasteiger partial charge in [-0.2, -0.15) is 10.2 Å². The van der Waals surface area contributed by atoms with Crippen molar-refractivity contribution >= 4 is 23.1 Å². The Balaban J connectivity index is 1.57. The SMILES string of the molecule is Cn1ncc(-c2ccc3c(c2)C(CN)=NCC3=O)c1-c1cnn(Cc2ccccc2)c1Cl. The summed E-state index contributed by atoms with van der Waals surface area (Å²) in [6, 6.07) is 15.8. The molecular formula is C24H21ClN6O. The van der Waals surface area contributed by atoms with E-state index < -0.39 is 0 Å². The van der Waals surface area contributed by atoms with Gasteiger partial charge in [-0.3, -0.25) is 14.5 Å². The van der Waals surface area contributed by atoms with Crippen molar-refractivity contribution in [2.45, 2.75) is 6.54 Å². The van der Waals surface area contributed by atoms with Crippen LogP contribution in [0.2, 0.25) is 5.15 Å². The van der Waals surface area contributed by atoms with E-state index in [2.05, 4.69) is 15.2 Å². The standard InChI is InChI=1S/C24H21ClN6O/c1-30-23(20-12-29-31(24(20)25)14-15-5-3-2-4-6-15)19(11-28-30)16-7-8-17-18(9-16)21(10-26)27-13-22(17)32/h2-9,11-12H,10,13-14,26H2,1H3. The lowest BCUT2D eigenvalue weighted by atomic mass is 9.92. The van der Waals surface area contributed by atoms with Gasteiger partial charge in [0.25, 0.3) is 0 Å². The van der Waals surface area contributed by atoms with E-state index in [0.29, 0.717) is 17.3 Å². The second-order valence-electron chi connectivity index (χ2n) is 7.67. The molecule has 4 aromatic rings. The molecule has 0 fully saturated rings. The Kier molecular flexibility index (Phi) is 5.20. The van der Waals surface area contributed by atoms with E-state index in [0.717, 1.165) is 39.2 Å².